The van der Waals surface area contributed by atoms with Crippen LogP contribution in [0.4, 0.5) is 17.1 Å². The number of nitrogen functional groups attached to an aromatic ring is 1. The van der Waals surface area contributed by atoms with E-state index in [1.54, 1.807) is 36.4 Å². The quantitative estimate of drug-likeness (QED) is 0.281. The second kappa shape index (κ2) is 7.94. The summed E-state index contributed by atoms with van der Waals surface area (Å²) in [4.78, 5) is -0.256. The van der Waals surface area contributed by atoms with E-state index in [1.807, 2.05) is 12.1 Å². The molecule has 124 valence electrons. The fourth-order valence-corrected chi connectivity index (χ4v) is 3.37. The Kier molecular flexibility index (Phi) is 6.36. The van der Waals surface area contributed by atoms with Gasteiger partial charge in [0.1, 0.15) is 10.6 Å². The molecule has 0 atom stereocenters. The Morgan fingerprint density at radius 3 is 2.12 bits per heavy atom. The molecule has 0 bridgehead atoms. The summed E-state index contributed by atoms with van der Waals surface area (Å²) in [5.41, 5.74) is 7.11. The molecule has 9 heteroatoms. The summed E-state index contributed by atoms with van der Waals surface area (Å²) < 4.78 is 33.6. The van der Waals surface area contributed by atoms with Crippen LogP contribution in [0.25, 0.3) is 10.8 Å². The van der Waals surface area contributed by atoms with Gasteiger partial charge in [0.2, 0.25) is 0 Å². The molecule has 0 radical (unpaired) electrons. The van der Waals surface area contributed by atoms with Crippen LogP contribution in [0, 0.1) is 0 Å². The predicted molar refractivity (Wildman–Crippen MR) is 104 cm³/mol. The van der Waals surface area contributed by atoms with E-state index in [0.29, 0.717) is 16.5 Å². The minimum atomic E-state index is -4.43. The summed E-state index contributed by atoms with van der Waals surface area (Å²) >= 11 is 3.35. The summed E-state index contributed by atoms with van der Waals surface area (Å²) in [6.45, 7) is 0. The molecule has 6 nitrogen and oxygen atoms in total. The first-order chi connectivity index (χ1) is 11.4. The normalized spacial score (nSPS) is 11.6. The average molecular weight is 430 g/mol. The van der Waals surface area contributed by atoms with Crippen molar-refractivity contribution in [3.05, 3.63) is 59.1 Å². The van der Waals surface area contributed by atoms with Crippen LogP contribution in [-0.4, -0.2) is 42.5 Å². The second-order valence-corrected chi connectivity index (χ2v) is 7.22. The first-order valence-electron chi connectivity index (χ1n) is 6.83. The third-order valence-electron chi connectivity index (χ3n) is 3.42. The summed E-state index contributed by atoms with van der Waals surface area (Å²) in [7, 11) is -4.43. The molecular formula is C16H13BrN3NaO3S. The van der Waals surface area contributed by atoms with Gasteiger partial charge in [0, 0.05) is 15.2 Å². The first kappa shape index (κ1) is 20.0. The average Bonchev–Trinajstić information content (AvgIpc) is 2.54. The number of nitrogens with two attached hydrogens (primary N) is 1. The Bertz CT molecular complexity index is 1070. The molecule has 0 saturated carbocycles. The Hall–Kier alpha value is -1.29. The van der Waals surface area contributed by atoms with Crippen molar-refractivity contribution < 1.29 is 13.0 Å². The molecule has 0 spiro atoms. The molecule has 3 N–H and O–H groups in total. The van der Waals surface area contributed by atoms with E-state index in [1.165, 1.54) is 6.07 Å². The number of fused-ring (bicyclic) bond motifs is 1. The topological polar surface area (TPSA) is 105 Å². The van der Waals surface area contributed by atoms with Gasteiger partial charge in [0.25, 0.3) is 10.1 Å². The standard InChI is InChI=1S/C16H12BrN3O3S.Na.H/c17-12-7-3-4-8-13(12)19-20-14-9-15(24(21,22)23)10-5-1-2-6-11(10)16(14)18;;/h1-9H,18H2,(H,21,22,23);;/b20-19+;;. The van der Waals surface area contributed by atoms with Gasteiger partial charge < -0.3 is 5.73 Å². The van der Waals surface area contributed by atoms with E-state index in [0.717, 1.165) is 4.47 Å². The summed E-state index contributed by atoms with van der Waals surface area (Å²) in [6, 6.07) is 15.0. The molecule has 0 saturated heterocycles. The minimum absolute atomic E-state index is 0. The third-order valence-corrected chi connectivity index (χ3v) is 4.99. The number of rotatable bonds is 3. The van der Waals surface area contributed by atoms with Crippen molar-refractivity contribution in [3.8, 4) is 0 Å². The van der Waals surface area contributed by atoms with Crippen molar-refractivity contribution in [2.45, 2.75) is 4.90 Å². The number of hydrogen-bond acceptors (Lipinski definition) is 5. The number of benzene rings is 3. The molecule has 0 aromatic heterocycles. The first-order valence-corrected chi connectivity index (χ1v) is 9.06. The van der Waals surface area contributed by atoms with Crippen LogP contribution in [-0.2, 0) is 10.1 Å². The molecule has 0 unspecified atom stereocenters. The zero-order chi connectivity index (χ0) is 17.3. The zero-order valence-electron chi connectivity index (χ0n) is 12.2. The summed E-state index contributed by atoms with van der Waals surface area (Å²) in [6.07, 6.45) is 0. The van der Waals surface area contributed by atoms with Crippen LogP contribution in [0.3, 0.4) is 0 Å². The SMILES string of the molecule is Nc1c(/N=N/c2ccccc2Br)cc(S(=O)(=O)O)c2ccccc12.[NaH]. The van der Waals surface area contributed by atoms with Crippen molar-refractivity contribution in [2.75, 3.05) is 5.73 Å². The number of hydrogen-bond donors (Lipinski definition) is 2. The summed E-state index contributed by atoms with van der Waals surface area (Å²) in [5.74, 6) is 0. The van der Waals surface area contributed by atoms with E-state index >= 15 is 0 Å². The van der Waals surface area contributed by atoms with Crippen molar-refractivity contribution in [1.29, 1.82) is 0 Å². The Morgan fingerprint density at radius 1 is 0.920 bits per heavy atom. The molecule has 0 amide bonds. The molecule has 3 aromatic rings. The van der Waals surface area contributed by atoms with Crippen LogP contribution in [0.15, 0.2) is 74.2 Å². The van der Waals surface area contributed by atoms with Crippen molar-refractivity contribution in [2.24, 2.45) is 10.2 Å². The van der Waals surface area contributed by atoms with E-state index < -0.39 is 10.1 Å². The fraction of sp³-hybridized carbons (Fsp3) is 0. The molecule has 0 aliphatic carbocycles. The monoisotopic (exact) mass is 429 g/mol. The fourth-order valence-electron chi connectivity index (χ4n) is 2.29. The van der Waals surface area contributed by atoms with Crippen molar-refractivity contribution in [3.63, 3.8) is 0 Å². The van der Waals surface area contributed by atoms with Gasteiger partial charge in [0.15, 0.2) is 0 Å². The molecule has 0 aliphatic rings. The number of halogens is 1. The van der Waals surface area contributed by atoms with Gasteiger partial charge in [-0.2, -0.15) is 8.42 Å². The predicted octanol–water partition coefficient (Wildman–Crippen LogP) is 4.20. The van der Waals surface area contributed by atoms with Gasteiger partial charge in [-0.25, -0.2) is 0 Å². The summed E-state index contributed by atoms with van der Waals surface area (Å²) in [5, 5.41) is 8.96. The van der Waals surface area contributed by atoms with Crippen LogP contribution in [0.2, 0.25) is 0 Å². The van der Waals surface area contributed by atoms with Gasteiger partial charge in [-0.1, -0.05) is 36.4 Å². The van der Waals surface area contributed by atoms with Gasteiger partial charge in [-0.05, 0) is 34.1 Å². The van der Waals surface area contributed by atoms with E-state index in [9.17, 15) is 13.0 Å². The third kappa shape index (κ3) is 4.28. The van der Waals surface area contributed by atoms with Crippen molar-refractivity contribution in [1.82, 2.24) is 0 Å². The van der Waals surface area contributed by atoms with Crippen LogP contribution < -0.4 is 5.73 Å². The van der Waals surface area contributed by atoms with Crippen molar-refractivity contribution >= 4 is 83.4 Å². The molecule has 0 aliphatic heterocycles. The van der Waals surface area contributed by atoms with Gasteiger partial charge in [-0.15, -0.1) is 10.2 Å². The van der Waals surface area contributed by atoms with E-state index in [2.05, 4.69) is 26.2 Å². The van der Waals surface area contributed by atoms with Gasteiger partial charge in [-0.3, -0.25) is 4.55 Å². The molecule has 25 heavy (non-hydrogen) atoms. The molecular weight excluding hydrogens is 417 g/mol. The maximum absolute atomic E-state index is 11.7. The van der Waals surface area contributed by atoms with Gasteiger partial charge >= 0.3 is 29.6 Å². The molecule has 3 aromatic carbocycles. The van der Waals surface area contributed by atoms with Gasteiger partial charge in [0.05, 0.1) is 11.4 Å². The Balaban J connectivity index is 0.00000225. The Morgan fingerprint density at radius 2 is 1.48 bits per heavy atom. The molecule has 0 heterocycles. The number of anilines is 1. The number of nitrogens with zero attached hydrogens (tertiary/aromatic N) is 2. The van der Waals surface area contributed by atoms with E-state index in [-0.39, 0.29) is 45.8 Å². The Labute approximate surface area is 175 Å². The number of azo groups is 1. The molecule has 0 fully saturated rings. The zero-order valence-corrected chi connectivity index (χ0v) is 14.6. The maximum atomic E-state index is 11.7. The van der Waals surface area contributed by atoms with E-state index in [4.69, 9.17) is 5.73 Å². The molecule has 3 rings (SSSR count). The van der Waals surface area contributed by atoms with Crippen LogP contribution >= 0.6 is 15.9 Å². The second-order valence-electron chi connectivity index (χ2n) is 4.98. The van der Waals surface area contributed by atoms with Crippen LogP contribution in [0.5, 0.6) is 0 Å². The van der Waals surface area contributed by atoms with Crippen LogP contribution in [0.1, 0.15) is 0 Å².